The van der Waals surface area contributed by atoms with Crippen molar-refractivity contribution in [3.8, 4) is 0 Å². The molecule has 3 N–H and O–H groups in total. The predicted octanol–water partition coefficient (Wildman–Crippen LogP) is 0.806. The highest BCUT2D eigenvalue weighted by atomic mass is 32.2. The lowest BCUT2D eigenvalue weighted by Gasteiger charge is -2.25. The first-order chi connectivity index (χ1) is 9.40. The van der Waals surface area contributed by atoms with Crippen molar-refractivity contribution in [2.45, 2.75) is 37.5 Å². The predicted molar refractivity (Wildman–Crippen MR) is 69.9 cm³/mol. The van der Waals surface area contributed by atoms with Crippen LogP contribution in [0.3, 0.4) is 0 Å². The number of nitrogens with one attached hydrogen (secondary N) is 1. The normalized spacial score (nSPS) is 26.1. The number of amides is 1. The van der Waals surface area contributed by atoms with Gasteiger partial charge in [-0.1, -0.05) is 24.4 Å². The lowest BCUT2D eigenvalue weighted by Crippen LogP contribution is -2.33. The van der Waals surface area contributed by atoms with Crippen molar-refractivity contribution >= 4 is 21.7 Å². The zero-order valence-corrected chi connectivity index (χ0v) is 11.9. The van der Waals surface area contributed by atoms with Crippen LogP contribution in [0.4, 0.5) is 5.82 Å². The van der Waals surface area contributed by atoms with Crippen molar-refractivity contribution in [3.05, 3.63) is 5.76 Å². The monoisotopic (exact) mass is 299 g/mol. The molecule has 110 valence electrons. The Balaban J connectivity index is 1.70. The number of nitrogens with two attached hydrogens (primary N) is 1. The van der Waals surface area contributed by atoms with Crippen LogP contribution in [0.15, 0.2) is 9.42 Å². The largest absolute Gasteiger partial charge is 0.380 e. The van der Waals surface area contributed by atoms with Crippen LogP contribution in [0.25, 0.3) is 0 Å². The van der Waals surface area contributed by atoms with Crippen molar-refractivity contribution in [1.29, 1.82) is 0 Å². The van der Waals surface area contributed by atoms with Gasteiger partial charge >= 0.3 is 0 Å². The Kier molecular flexibility index (Phi) is 3.00. The number of sulfonamides is 1. The molecule has 8 heteroatoms. The number of nitrogens with zero attached hydrogens (tertiary/aromatic N) is 1. The van der Waals surface area contributed by atoms with E-state index in [1.807, 2.05) is 0 Å². The fourth-order valence-corrected chi connectivity index (χ4v) is 4.12. The zero-order valence-electron chi connectivity index (χ0n) is 11.1. The maximum atomic E-state index is 12.1. The quantitative estimate of drug-likeness (QED) is 0.850. The number of carbonyl (C=O) groups excluding carboxylic acids is 1. The summed E-state index contributed by atoms with van der Waals surface area (Å²) in [6.07, 6.45) is 4.30. The van der Waals surface area contributed by atoms with Crippen LogP contribution in [0.2, 0.25) is 0 Å². The van der Waals surface area contributed by atoms with Crippen LogP contribution >= 0.6 is 0 Å². The summed E-state index contributed by atoms with van der Waals surface area (Å²) < 4.78 is 31.1. The van der Waals surface area contributed by atoms with Crippen molar-refractivity contribution in [2.24, 2.45) is 17.8 Å². The molecule has 20 heavy (non-hydrogen) atoms. The number of nitrogen functional groups attached to an aromatic ring is 1. The van der Waals surface area contributed by atoms with Gasteiger partial charge in [0.2, 0.25) is 5.91 Å². The van der Waals surface area contributed by atoms with E-state index >= 15 is 0 Å². The molecule has 2 atom stereocenters. The first-order valence-corrected chi connectivity index (χ1v) is 8.17. The summed E-state index contributed by atoms with van der Waals surface area (Å²) in [5, 5.41) is 3.39. The maximum absolute atomic E-state index is 12.1. The van der Waals surface area contributed by atoms with E-state index < -0.39 is 15.9 Å². The fraction of sp³-hybridized carbons (Fsp3) is 0.667. The molecule has 0 radical (unpaired) electrons. The molecule has 0 spiro atoms. The molecule has 2 fully saturated rings. The molecule has 0 saturated heterocycles. The Labute approximate surface area is 116 Å². The molecule has 0 aliphatic heterocycles. The van der Waals surface area contributed by atoms with Crippen molar-refractivity contribution in [3.63, 3.8) is 0 Å². The minimum atomic E-state index is -4.00. The molecule has 3 rings (SSSR count). The summed E-state index contributed by atoms with van der Waals surface area (Å²) >= 11 is 0. The lowest BCUT2D eigenvalue weighted by atomic mass is 9.81. The van der Waals surface area contributed by atoms with Gasteiger partial charge in [-0.3, -0.25) is 4.79 Å². The van der Waals surface area contributed by atoms with Gasteiger partial charge in [-0.05, 0) is 25.2 Å². The molecule has 0 aromatic carbocycles. The summed E-state index contributed by atoms with van der Waals surface area (Å²) in [4.78, 5) is 11.8. The Morgan fingerprint density at radius 1 is 1.45 bits per heavy atom. The minimum Gasteiger partial charge on any atom is -0.380 e. The summed E-state index contributed by atoms with van der Waals surface area (Å²) in [5.74, 6) is 0.164. The van der Waals surface area contributed by atoms with Gasteiger partial charge in [-0.25, -0.2) is 13.1 Å². The number of aromatic nitrogens is 1. The Morgan fingerprint density at radius 3 is 2.65 bits per heavy atom. The van der Waals surface area contributed by atoms with Crippen LogP contribution < -0.4 is 10.5 Å². The third kappa shape index (κ3) is 2.17. The second-order valence-corrected chi connectivity index (χ2v) is 7.24. The van der Waals surface area contributed by atoms with Gasteiger partial charge < -0.3 is 10.3 Å². The highest BCUT2D eigenvalue weighted by molar-refractivity contribution is 7.90. The number of aryl methyl sites for hydroxylation is 1. The van der Waals surface area contributed by atoms with Crippen LogP contribution in [-0.2, 0) is 14.8 Å². The highest BCUT2D eigenvalue weighted by Gasteiger charge is 2.49. The number of hydrogen-bond acceptors (Lipinski definition) is 6. The topological polar surface area (TPSA) is 115 Å². The van der Waals surface area contributed by atoms with Gasteiger partial charge in [-0.2, -0.15) is 0 Å². The van der Waals surface area contributed by atoms with Gasteiger partial charge in [0.1, 0.15) is 0 Å². The Hall–Kier alpha value is -1.57. The number of carbonyl (C=O) groups is 1. The van der Waals surface area contributed by atoms with E-state index in [0.717, 1.165) is 19.3 Å². The standard InChI is InChI=1S/C12H17N3O4S/c1-6-10(11(13)14-19-6)20(17,18)15-12(16)9-5-8(9)7-3-2-4-7/h7-9H,2-5H2,1H3,(H2,13,14)(H,15,16)/t8-,9+/m0/s1. The van der Waals surface area contributed by atoms with E-state index in [1.54, 1.807) is 0 Å². The fourth-order valence-electron chi connectivity index (χ4n) is 2.87. The van der Waals surface area contributed by atoms with Crippen LogP contribution in [-0.4, -0.2) is 19.5 Å². The molecule has 0 bridgehead atoms. The molecule has 1 heterocycles. The van der Waals surface area contributed by atoms with Gasteiger partial charge in [0, 0.05) is 5.92 Å². The third-order valence-corrected chi connectivity index (χ3v) is 5.77. The minimum absolute atomic E-state index is 0.0779. The lowest BCUT2D eigenvalue weighted by molar-refractivity contribution is -0.121. The molecule has 2 aliphatic carbocycles. The van der Waals surface area contributed by atoms with Crippen molar-refractivity contribution in [2.75, 3.05) is 5.73 Å². The molecule has 1 aromatic heterocycles. The average molecular weight is 299 g/mol. The van der Waals surface area contributed by atoms with Gasteiger partial charge in [0.25, 0.3) is 10.0 Å². The number of hydrogen-bond donors (Lipinski definition) is 2. The summed E-state index contributed by atoms with van der Waals surface area (Å²) in [7, 11) is -4.00. The van der Waals surface area contributed by atoms with Crippen molar-refractivity contribution in [1.82, 2.24) is 9.88 Å². The molecule has 0 unspecified atom stereocenters. The second kappa shape index (κ2) is 4.47. The van der Waals surface area contributed by atoms with E-state index in [-0.39, 0.29) is 22.4 Å². The van der Waals surface area contributed by atoms with Gasteiger partial charge in [-0.15, -0.1) is 0 Å². The van der Waals surface area contributed by atoms with E-state index in [2.05, 4.69) is 9.88 Å². The van der Waals surface area contributed by atoms with Gasteiger partial charge in [0.05, 0.1) is 0 Å². The Bertz CT molecular complexity index is 628. The smallest absolute Gasteiger partial charge is 0.271 e. The second-order valence-electron chi connectivity index (χ2n) is 5.62. The first-order valence-electron chi connectivity index (χ1n) is 6.68. The molecular weight excluding hydrogens is 282 g/mol. The number of anilines is 1. The highest BCUT2D eigenvalue weighted by Crippen LogP contribution is 2.51. The molecule has 1 amide bonds. The van der Waals surface area contributed by atoms with Crippen LogP contribution in [0, 0.1) is 24.7 Å². The first kappa shape index (κ1) is 13.4. The molecule has 1 aromatic rings. The molecular formula is C12H17N3O4S. The van der Waals surface area contributed by atoms with E-state index in [4.69, 9.17) is 10.3 Å². The summed E-state index contributed by atoms with van der Waals surface area (Å²) in [6.45, 7) is 1.44. The third-order valence-electron chi connectivity index (χ3n) is 4.27. The summed E-state index contributed by atoms with van der Waals surface area (Å²) in [6, 6.07) is 0. The van der Waals surface area contributed by atoms with E-state index in [0.29, 0.717) is 11.8 Å². The van der Waals surface area contributed by atoms with E-state index in [9.17, 15) is 13.2 Å². The number of rotatable bonds is 4. The zero-order chi connectivity index (χ0) is 14.5. The Morgan fingerprint density at radius 2 is 2.15 bits per heavy atom. The molecule has 2 aliphatic rings. The van der Waals surface area contributed by atoms with E-state index in [1.165, 1.54) is 13.3 Å². The molecule has 7 nitrogen and oxygen atoms in total. The maximum Gasteiger partial charge on any atom is 0.271 e. The SMILES string of the molecule is Cc1onc(N)c1S(=O)(=O)NC(=O)[C@@H]1C[C@H]1C1CCC1. The van der Waals surface area contributed by atoms with Gasteiger partial charge in [0.15, 0.2) is 16.5 Å². The van der Waals surface area contributed by atoms with Crippen molar-refractivity contribution < 1.29 is 17.7 Å². The summed E-state index contributed by atoms with van der Waals surface area (Å²) in [5.41, 5.74) is 5.47. The van der Waals surface area contributed by atoms with Crippen LogP contribution in [0.1, 0.15) is 31.4 Å². The molecule has 2 saturated carbocycles. The average Bonchev–Trinajstić information content (AvgIpc) is 2.95. The van der Waals surface area contributed by atoms with Crippen LogP contribution in [0.5, 0.6) is 0 Å².